The second kappa shape index (κ2) is 2.98. The molecule has 0 aromatic heterocycles. The van der Waals surface area contributed by atoms with E-state index in [1.165, 1.54) is 12.1 Å². The Morgan fingerprint density at radius 1 is 1.00 bits per heavy atom. The third-order valence-corrected chi connectivity index (χ3v) is 5.74. The van der Waals surface area contributed by atoms with E-state index in [-0.39, 0.29) is 0 Å². The maximum atomic E-state index is 11.1. The standard InChI is InChI=1S/3C2H3.O.Sb/c3*1-2;;/h3*1H,2H2;;. The minimum atomic E-state index is -3.20. The summed E-state index contributed by atoms with van der Waals surface area (Å²) in [4.78, 5) is 0. The molecule has 0 amide bonds. The molecule has 0 N–H and O–H groups in total. The summed E-state index contributed by atoms with van der Waals surface area (Å²) < 4.78 is 15.4. The van der Waals surface area contributed by atoms with Gasteiger partial charge in [0, 0.05) is 0 Å². The van der Waals surface area contributed by atoms with Crippen LogP contribution in [-0.2, 0) is 3.02 Å². The molecule has 0 bridgehead atoms. The van der Waals surface area contributed by atoms with Crippen LogP contribution < -0.4 is 0 Å². The van der Waals surface area contributed by atoms with E-state index >= 15 is 0 Å². The molecule has 0 heterocycles. The Morgan fingerprint density at radius 3 is 1.25 bits per heavy atom. The summed E-state index contributed by atoms with van der Waals surface area (Å²) in [5.74, 6) is 0. The van der Waals surface area contributed by atoms with Gasteiger partial charge in [-0.05, 0) is 0 Å². The van der Waals surface area contributed by atoms with Crippen molar-refractivity contribution >= 4 is 18.8 Å². The monoisotopic (exact) mass is 218 g/mol. The Labute approximate surface area is 53.8 Å². The molecule has 0 aromatic carbocycles. The quantitative estimate of drug-likeness (QED) is 0.657. The molecule has 0 aliphatic rings. The van der Waals surface area contributed by atoms with E-state index in [0.29, 0.717) is 0 Å². The first kappa shape index (κ1) is 7.84. The van der Waals surface area contributed by atoms with Gasteiger partial charge >= 0.3 is 53.6 Å². The number of hydrogen-bond donors (Lipinski definition) is 0. The predicted octanol–water partition coefficient (Wildman–Crippen LogP) is 1.54. The zero-order valence-corrected chi connectivity index (χ0v) is 7.26. The molecule has 0 fully saturated rings. The van der Waals surface area contributed by atoms with Gasteiger partial charge in [0.2, 0.25) is 0 Å². The van der Waals surface area contributed by atoms with Gasteiger partial charge in [0.25, 0.3) is 0 Å². The molecular formula is C6H9OSb. The first-order valence-corrected chi connectivity index (χ1v) is 7.65. The Hall–Kier alpha value is -0.162. The Bertz CT molecular complexity index is 129. The van der Waals surface area contributed by atoms with Gasteiger partial charge < -0.3 is 0 Å². The molecular weight excluding hydrogens is 210 g/mol. The molecule has 0 aliphatic carbocycles. The summed E-state index contributed by atoms with van der Waals surface area (Å²) in [5, 5.41) is 0. The van der Waals surface area contributed by atoms with Crippen LogP contribution in [0, 0.1) is 0 Å². The first-order chi connectivity index (χ1) is 3.68. The van der Waals surface area contributed by atoms with E-state index in [0.717, 1.165) is 0 Å². The molecule has 2 heteroatoms. The van der Waals surface area contributed by atoms with Crippen molar-refractivity contribution in [1.29, 1.82) is 0 Å². The van der Waals surface area contributed by atoms with E-state index in [9.17, 15) is 3.02 Å². The van der Waals surface area contributed by atoms with Gasteiger partial charge in [0.15, 0.2) is 0 Å². The van der Waals surface area contributed by atoms with Crippen LogP contribution in [-0.4, -0.2) is 18.8 Å². The van der Waals surface area contributed by atoms with Crippen molar-refractivity contribution in [2.75, 3.05) is 0 Å². The molecule has 0 atom stereocenters. The fourth-order valence-corrected chi connectivity index (χ4v) is 1.50. The van der Waals surface area contributed by atoms with Gasteiger partial charge in [-0.2, -0.15) is 0 Å². The van der Waals surface area contributed by atoms with Crippen LogP contribution in [0.5, 0.6) is 0 Å². The molecule has 0 saturated carbocycles. The molecule has 0 spiro atoms. The van der Waals surface area contributed by atoms with Crippen molar-refractivity contribution in [3.05, 3.63) is 31.8 Å². The van der Waals surface area contributed by atoms with Gasteiger partial charge in [-0.3, -0.25) is 0 Å². The minimum absolute atomic E-state index is 1.46. The van der Waals surface area contributed by atoms with Crippen molar-refractivity contribution < 1.29 is 3.02 Å². The maximum absolute atomic E-state index is 11.1. The van der Waals surface area contributed by atoms with Crippen molar-refractivity contribution in [2.45, 2.75) is 0 Å². The molecule has 0 rings (SSSR count). The Morgan fingerprint density at radius 2 is 1.25 bits per heavy atom. The molecule has 8 heavy (non-hydrogen) atoms. The molecule has 0 saturated heterocycles. The summed E-state index contributed by atoms with van der Waals surface area (Å²) >= 11 is -3.20. The van der Waals surface area contributed by atoms with Crippen LogP contribution >= 0.6 is 0 Å². The zero-order chi connectivity index (χ0) is 6.62. The fraction of sp³-hybridized carbons (Fsp3) is 0. The van der Waals surface area contributed by atoms with Gasteiger partial charge in [0.05, 0.1) is 0 Å². The van der Waals surface area contributed by atoms with Gasteiger partial charge in [-0.15, -0.1) is 0 Å². The van der Waals surface area contributed by atoms with Crippen LogP contribution in [0.1, 0.15) is 0 Å². The first-order valence-electron chi connectivity index (χ1n) is 2.18. The second-order valence-electron chi connectivity index (χ2n) is 1.31. The van der Waals surface area contributed by atoms with Crippen molar-refractivity contribution in [3.63, 3.8) is 0 Å². The third kappa shape index (κ3) is 1.75. The van der Waals surface area contributed by atoms with Crippen molar-refractivity contribution in [1.82, 2.24) is 0 Å². The van der Waals surface area contributed by atoms with Crippen LogP contribution in [0.4, 0.5) is 0 Å². The van der Waals surface area contributed by atoms with Crippen molar-refractivity contribution in [3.8, 4) is 0 Å². The van der Waals surface area contributed by atoms with E-state index in [1.54, 1.807) is 0 Å². The van der Waals surface area contributed by atoms with Crippen LogP contribution in [0.2, 0.25) is 0 Å². The van der Waals surface area contributed by atoms with Crippen molar-refractivity contribution in [2.24, 2.45) is 0 Å². The molecule has 0 radical (unpaired) electrons. The van der Waals surface area contributed by atoms with Gasteiger partial charge in [0.1, 0.15) is 0 Å². The van der Waals surface area contributed by atoms with Crippen LogP contribution in [0.15, 0.2) is 31.8 Å². The molecule has 44 valence electrons. The molecule has 1 nitrogen and oxygen atoms in total. The molecule has 0 unspecified atom stereocenters. The third-order valence-electron chi connectivity index (χ3n) is 0.856. The van der Waals surface area contributed by atoms with Crippen LogP contribution in [0.3, 0.4) is 0 Å². The summed E-state index contributed by atoms with van der Waals surface area (Å²) in [5.41, 5.74) is 0. The second-order valence-corrected chi connectivity index (χ2v) is 8.80. The Kier molecular flexibility index (Phi) is 2.92. The average Bonchev–Trinajstić information content (AvgIpc) is 1.87. The average molecular weight is 219 g/mol. The normalized spacial score (nSPS) is 10.0. The van der Waals surface area contributed by atoms with E-state index < -0.39 is 18.8 Å². The van der Waals surface area contributed by atoms with E-state index in [1.807, 2.05) is 0 Å². The van der Waals surface area contributed by atoms with E-state index in [2.05, 4.69) is 19.7 Å². The topological polar surface area (TPSA) is 17.1 Å². The SMILES string of the molecule is C=[CH][Sb](=[O])([CH]=C)[CH]=C. The van der Waals surface area contributed by atoms with Crippen LogP contribution in [0.25, 0.3) is 0 Å². The van der Waals surface area contributed by atoms with E-state index in [4.69, 9.17) is 0 Å². The fourth-order valence-electron chi connectivity index (χ4n) is 0.224. The predicted molar refractivity (Wildman–Crippen MR) is 37.0 cm³/mol. The summed E-state index contributed by atoms with van der Waals surface area (Å²) in [7, 11) is 0. The van der Waals surface area contributed by atoms with Gasteiger partial charge in [-0.1, -0.05) is 0 Å². The van der Waals surface area contributed by atoms with Gasteiger partial charge in [-0.25, -0.2) is 0 Å². The Balaban J connectivity index is 4.45. The summed E-state index contributed by atoms with van der Waals surface area (Å²) in [6, 6.07) is 0. The molecule has 0 aliphatic heterocycles. The summed E-state index contributed by atoms with van der Waals surface area (Å²) in [6.07, 6.45) is 0. The summed E-state index contributed by atoms with van der Waals surface area (Å²) in [6.45, 7) is 10.2. The number of rotatable bonds is 3. The molecule has 0 aromatic rings. The zero-order valence-electron chi connectivity index (χ0n) is 4.71. The number of hydrogen-bond acceptors (Lipinski definition) is 1.